The van der Waals surface area contributed by atoms with E-state index in [1.165, 1.54) is 0 Å². The van der Waals surface area contributed by atoms with Gasteiger partial charge in [-0.25, -0.2) is 14.4 Å². The van der Waals surface area contributed by atoms with E-state index in [1.54, 1.807) is 12.4 Å². The predicted octanol–water partition coefficient (Wildman–Crippen LogP) is 3.45. The van der Waals surface area contributed by atoms with Gasteiger partial charge in [0.05, 0.1) is 24.3 Å². The van der Waals surface area contributed by atoms with Gasteiger partial charge >= 0.3 is 36.4 Å². The zero-order valence-electron chi connectivity index (χ0n) is 24.0. The first-order valence-electron chi connectivity index (χ1n) is 12.8. The molecule has 4 rings (SSSR count). The minimum absolute atomic E-state index is 0.0866. The van der Waals surface area contributed by atoms with Crippen LogP contribution in [0.4, 0.5) is 39.5 Å². The molecule has 1 amide bonds. The molecule has 0 radical (unpaired) electrons. The summed E-state index contributed by atoms with van der Waals surface area (Å²) in [5.41, 5.74) is 2.63. The Morgan fingerprint density at radius 1 is 0.915 bits per heavy atom. The van der Waals surface area contributed by atoms with E-state index >= 15 is 0 Å². The number of fused-ring (bicyclic) bond motifs is 1. The topological polar surface area (TPSA) is 179 Å². The number of amides is 1. The SMILES string of the molecule is Cc1cccc(CN2C[C@@H]3COC[C@]3(C(=O)NCc3cccnc3)C2)n1.O=C(O)C(F)(F)F.O=C(O)C(F)(F)F.O=C(O)C(F)(F)F. The van der Waals surface area contributed by atoms with Crippen LogP contribution in [0, 0.1) is 18.3 Å². The maximum atomic E-state index is 13.0. The van der Waals surface area contributed by atoms with E-state index in [1.807, 2.05) is 37.3 Å². The second-order valence-electron chi connectivity index (χ2n) is 9.76. The number of carboxylic acids is 3. The van der Waals surface area contributed by atoms with E-state index < -0.39 is 41.9 Å². The second kappa shape index (κ2) is 16.9. The van der Waals surface area contributed by atoms with Crippen LogP contribution in [-0.4, -0.2) is 98.8 Å². The van der Waals surface area contributed by atoms with E-state index in [9.17, 15) is 44.3 Å². The van der Waals surface area contributed by atoms with Gasteiger partial charge in [-0.3, -0.25) is 19.7 Å². The number of rotatable bonds is 5. The lowest BCUT2D eigenvalue weighted by molar-refractivity contribution is -0.193. The van der Waals surface area contributed by atoms with Gasteiger partial charge in [-0.05, 0) is 30.7 Å². The third kappa shape index (κ3) is 13.8. The molecule has 2 aromatic heterocycles. The van der Waals surface area contributed by atoms with Crippen molar-refractivity contribution in [3.05, 3.63) is 59.7 Å². The van der Waals surface area contributed by atoms with E-state index in [2.05, 4.69) is 20.2 Å². The molecule has 2 fully saturated rings. The molecule has 21 heteroatoms. The van der Waals surface area contributed by atoms with Gasteiger partial charge < -0.3 is 25.4 Å². The van der Waals surface area contributed by atoms with Crippen molar-refractivity contribution in [1.29, 1.82) is 0 Å². The minimum atomic E-state index is -5.08. The Labute approximate surface area is 259 Å². The van der Waals surface area contributed by atoms with Crippen LogP contribution in [0.5, 0.6) is 0 Å². The van der Waals surface area contributed by atoms with Gasteiger partial charge in [0.1, 0.15) is 0 Å². The summed E-state index contributed by atoms with van der Waals surface area (Å²) in [6.07, 6.45) is -11.7. The molecule has 12 nitrogen and oxygen atoms in total. The highest BCUT2D eigenvalue weighted by atomic mass is 19.4. The van der Waals surface area contributed by atoms with Gasteiger partial charge in [0.25, 0.3) is 0 Å². The van der Waals surface area contributed by atoms with Crippen LogP contribution in [0.25, 0.3) is 0 Å². The summed E-state index contributed by atoms with van der Waals surface area (Å²) < 4.78 is 101. The number of likely N-dealkylation sites (tertiary alicyclic amines) is 1. The summed E-state index contributed by atoms with van der Waals surface area (Å²) in [5.74, 6) is -7.95. The Morgan fingerprint density at radius 3 is 1.89 bits per heavy atom. The number of nitrogens with zero attached hydrogens (tertiary/aromatic N) is 3. The Bertz CT molecular complexity index is 1300. The number of halogens is 9. The molecule has 4 heterocycles. The zero-order valence-corrected chi connectivity index (χ0v) is 24.0. The Morgan fingerprint density at radius 2 is 1.45 bits per heavy atom. The molecular formula is C26H27F9N4O8. The molecule has 0 aliphatic carbocycles. The molecule has 2 saturated heterocycles. The molecule has 0 bridgehead atoms. The summed E-state index contributed by atoms with van der Waals surface area (Å²) in [6, 6.07) is 9.94. The van der Waals surface area contributed by atoms with Crippen molar-refractivity contribution in [3.63, 3.8) is 0 Å². The van der Waals surface area contributed by atoms with Gasteiger partial charge in [0.2, 0.25) is 5.91 Å². The van der Waals surface area contributed by atoms with Crippen molar-refractivity contribution in [2.75, 3.05) is 26.3 Å². The third-order valence-corrected chi connectivity index (χ3v) is 6.13. The van der Waals surface area contributed by atoms with Gasteiger partial charge in [0.15, 0.2) is 0 Å². The lowest BCUT2D eigenvalue weighted by Crippen LogP contribution is -2.46. The monoisotopic (exact) mass is 694 g/mol. The Hall–Kier alpha value is -4.53. The highest BCUT2D eigenvalue weighted by Crippen LogP contribution is 2.42. The normalized spacial score (nSPS) is 19.0. The number of nitrogens with one attached hydrogen (secondary N) is 1. The summed E-state index contributed by atoms with van der Waals surface area (Å²) in [4.78, 5) is 50.7. The van der Waals surface area contributed by atoms with Gasteiger partial charge in [-0.2, -0.15) is 39.5 Å². The average molecular weight is 695 g/mol. The van der Waals surface area contributed by atoms with Crippen molar-refractivity contribution >= 4 is 23.8 Å². The smallest absolute Gasteiger partial charge is 0.475 e. The standard InChI is InChI=1S/C20H24N4O2.3C2HF3O2/c1-15-4-2-6-18(23-15)11-24-10-17-12-26-14-20(17,13-24)19(25)22-9-16-5-3-7-21-8-16;3*3-2(4,5)1(6)7/h2-8,17H,9-14H2,1H3,(H,22,25);3*(H,6,7)/t17-,20-;;;/m1.../s1. The fraction of sp³-hybridized carbons (Fsp3) is 0.462. The number of carbonyl (C=O) groups is 4. The van der Waals surface area contributed by atoms with E-state index in [-0.39, 0.29) is 11.8 Å². The van der Waals surface area contributed by atoms with Crippen LogP contribution in [0.1, 0.15) is 17.0 Å². The number of aromatic nitrogens is 2. The van der Waals surface area contributed by atoms with Crippen LogP contribution < -0.4 is 5.32 Å². The van der Waals surface area contributed by atoms with Crippen LogP contribution in [0.2, 0.25) is 0 Å². The molecule has 0 unspecified atom stereocenters. The molecule has 47 heavy (non-hydrogen) atoms. The fourth-order valence-electron chi connectivity index (χ4n) is 4.06. The summed E-state index contributed by atoms with van der Waals surface area (Å²) in [5, 5.41) is 24.5. The molecule has 4 N–H and O–H groups in total. The number of aliphatic carboxylic acids is 3. The van der Waals surface area contributed by atoms with Gasteiger partial charge in [0, 0.05) is 50.2 Å². The number of aryl methyl sites for hydroxylation is 1. The number of alkyl halides is 9. The van der Waals surface area contributed by atoms with E-state index in [0.717, 1.165) is 30.0 Å². The number of ether oxygens (including phenoxy) is 1. The van der Waals surface area contributed by atoms with Crippen LogP contribution in [0.15, 0.2) is 42.7 Å². The number of hydrogen-bond acceptors (Lipinski definition) is 8. The molecule has 262 valence electrons. The molecule has 0 saturated carbocycles. The summed E-state index contributed by atoms with van der Waals surface area (Å²) in [7, 11) is 0. The molecule has 2 aromatic rings. The molecule has 2 atom stereocenters. The lowest BCUT2D eigenvalue weighted by atomic mass is 9.80. The first-order chi connectivity index (χ1) is 21.5. The maximum absolute atomic E-state index is 13.0. The Kier molecular flexibility index (Phi) is 14.5. The summed E-state index contributed by atoms with van der Waals surface area (Å²) in [6.45, 7) is 6.01. The van der Waals surface area contributed by atoms with Crippen molar-refractivity contribution < 1.29 is 78.7 Å². The molecular weight excluding hydrogens is 667 g/mol. The number of carbonyl (C=O) groups excluding carboxylic acids is 1. The highest BCUT2D eigenvalue weighted by molar-refractivity contribution is 5.84. The zero-order chi connectivity index (χ0) is 36.2. The molecule has 2 aliphatic heterocycles. The quantitative estimate of drug-likeness (QED) is 0.337. The third-order valence-electron chi connectivity index (χ3n) is 6.13. The van der Waals surface area contributed by atoms with Crippen LogP contribution in [-0.2, 0) is 37.0 Å². The largest absolute Gasteiger partial charge is 0.490 e. The lowest BCUT2D eigenvalue weighted by Gasteiger charge is -2.26. The van der Waals surface area contributed by atoms with Crippen molar-refractivity contribution in [2.45, 2.75) is 38.5 Å². The van der Waals surface area contributed by atoms with Crippen LogP contribution >= 0.6 is 0 Å². The number of hydrogen-bond donors (Lipinski definition) is 4. The number of pyridine rings is 2. The molecule has 2 aliphatic rings. The Balaban J connectivity index is 0.000000430. The van der Waals surface area contributed by atoms with Gasteiger partial charge in [-0.15, -0.1) is 0 Å². The molecule has 0 spiro atoms. The van der Waals surface area contributed by atoms with Crippen LogP contribution in [0.3, 0.4) is 0 Å². The van der Waals surface area contributed by atoms with Crippen molar-refractivity contribution in [1.82, 2.24) is 20.2 Å². The van der Waals surface area contributed by atoms with Crippen molar-refractivity contribution in [2.24, 2.45) is 11.3 Å². The van der Waals surface area contributed by atoms with E-state index in [0.29, 0.717) is 26.3 Å². The minimum Gasteiger partial charge on any atom is -0.475 e. The van der Waals surface area contributed by atoms with E-state index in [4.69, 9.17) is 34.4 Å². The van der Waals surface area contributed by atoms with Gasteiger partial charge in [-0.1, -0.05) is 12.1 Å². The van der Waals surface area contributed by atoms with Crippen molar-refractivity contribution in [3.8, 4) is 0 Å². The predicted molar refractivity (Wildman–Crippen MR) is 138 cm³/mol. The highest BCUT2D eigenvalue weighted by Gasteiger charge is 2.55. The first kappa shape index (κ1) is 40.5. The average Bonchev–Trinajstić information content (AvgIpc) is 3.50. The number of carboxylic acid groups (broad SMARTS) is 3. The summed E-state index contributed by atoms with van der Waals surface area (Å²) >= 11 is 0. The molecule has 0 aromatic carbocycles. The second-order valence-corrected chi connectivity index (χ2v) is 9.76. The first-order valence-corrected chi connectivity index (χ1v) is 12.8. The maximum Gasteiger partial charge on any atom is 0.490 e. The fourth-order valence-corrected chi connectivity index (χ4v) is 4.06.